The predicted molar refractivity (Wildman–Crippen MR) is 73.0 cm³/mol. The summed E-state index contributed by atoms with van der Waals surface area (Å²) in [7, 11) is 0.565. The summed E-state index contributed by atoms with van der Waals surface area (Å²) in [4.78, 5) is 2.06. The van der Waals surface area contributed by atoms with E-state index in [0.29, 0.717) is 0 Å². The third-order valence-electron chi connectivity index (χ3n) is 2.69. The Morgan fingerprint density at radius 1 is 1.25 bits per heavy atom. The van der Waals surface area contributed by atoms with Gasteiger partial charge in [-0.15, -0.1) is 0 Å². The van der Waals surface area contributed by atoms with Crippen LogP contribution >= 0.6 is 0 Å². The molecule has 0 unspecified atom stereocenters. The highest BCUT2D eigenvalue weighted by Crippen LogP contribution is 2.13. The second-order valence-corrected chi connectivity index (χ2v) is 8.92. The summed E-state index contributed by atoms with van der Waals surface area (Å²) < 4.78 is 5.79. The van der Waals surface area contributed by atoms with E-state index in [2.05, 4.69) is 37.1 Å². The number of benzene rings is 1. The zero-order chi connectivity index (χ0) is 12.0. The summed E-state index contributed by atoms with van der Waals surface area (Å²) in [6.07, 6.45) is 3.79. The highest BCUT2D eigenvalue weighted by atomic mass is 28.4. The first-order valence-corrected chi connectivity index (χ1v) is 8.79. The Morgan fingerprint density at radius 2 is 1.88 bits per heavy atom. The number of para-hydroxylation sites is 1. The molecular formula is C13H21NOSi. The molecule has 0 bridgehead atoms. The second kappa shape index (κ2) is 5.75. The van der Waals surface area contributed by atoms with Gasteiger partial charge in [-0.05, 0) is 31.3 Å². The summed E-state index contributed by atoms with van der Waals surface area (Å²) in [6, 6.07) is 11.4. The van der Waals surface area contributed by atoms with Crippen LogP contribution in [0.25, 0.3) is 0 Å². The molecule has 0 saturated heterocycles. The molecule has 0 N–H and O–H groups in total. The predicted octanol–water partition coefficient (Wildman–Crippen LogP) is 3.84. The first-order chi connectivity index (χ1) is 7.55. The van der Waals surface area contributed by atoms with Crippen molar-refractivity contribution in [3.05, 3.63) is 42.8 Å². The van der Waals surface area contributed by atoms with Crippen LogP contribution in [0, 0.1) is 0 Å². The van der Waals surface area contributed by atoms with Crippen LogP contribution in [-0.2, 0) is 4.43 Å². The maximum Gasteiger partial charge on any atom is 0.244 e. The van der Waals surface area contributed by atoms with Crippen LogP contribution in [0.3, 0.4) is 0 Å². The Morgan fingerprint density at radius 3 is 2.44 bits per heavy atom. The summed E-state index contributed by atoms with van der Waals surface area (Å²) in [5.41, 5.74) is 1.17. The molecule has 16 heavy (non-hydrogen) atoms. The van der Waals surface area contributed by atoms with Crippen LogP contribution in [0.2, 0.25) is 19.1 Å². The maximum atomic E-state index is 5.79. The van der Waals surface area contributed by atoms with Crippen molar-refractivity contribution in [2.24, 2.45) is 0 Å². The van der Waals surface area contributed by atoms with E-state index in [0.717, 1.165) is 6.04 Å². The molecule has 0 aliphatic rings. The zero-order valence-electron chi connectivity index (χ0n) is 10.6. The van der Waals surface area contributed by atoms with Gasteiger partial charge in [-0.3, -0.25) is 0 Å². The highest BCUT2D eigenvalue weighted by Gasteiger charge is 2.18. The van der Waals surface area contributed by atoms with Crippen LogP contribution in [0.5, 0.6) is 0 Å². The highest BCUT2D eigenvalue weighted by molar-refractivity contribution is 6.71. The molecule has 2 nitrogen and oxygen atoms in total. The van der Waals surface area contributed by atoms with Crippen molar-refractivity contribution < 1.29 is 4.43 Å². The Labute approximate surface area is 99.7 Å². The molecular weight excluding hydrogens is 214 g/mol. The van der Waals surface area contributed by atoms with Crippen molar-refractivity contribution in [1.82, 2.24) is 0 Å². The third-order valence-corrected chi connectivity index (χ3v) is 5.16. The fourth-order valence-electron chi connectivity index (χ4n) is 1.14. The molecule has 0 radical (unpaired) electrons. The van der Waals surface area contributed by atoms with Gasteiger partial charge in [0.2, 0.25) is 8.32 Å². The SMILES string of the molecule is CC[Si](C)(C)O/C=C/N(C)c1ccccc1. The standard InChI is InChI=1S/C13H21NOSi/c1-5-16(3,4)15-12-11-14(2)13-9-7-6-8-10-13/h6-12H,5H2,1-4H3/b12-11+. The number of rotatable bonds is 5. The van der Waals surface area contributed by atoms with E-state index in [1.807, 2.05) is 37.7 Å². The number of anilines is 1. The molecule has 0 spiro atoms. The number of nitrogens with zero attached hydrogens (tertiary/aromatic N) is 1. The van der Waals surface area contributed by atoms with Crippen LogP contribution in [0.1, 0.15) is 6.92 Å². The summed E-state index contributed by atoms with van der Waals surface area (Å²) in [5, 5.41) is 0. The van der Waals surface area contributed by atoms with E-state index in [1.54, 1.807) is 0 Å². The molecule has 0 aliphatic heterocycles. The minimum absolute atomic E-state index is 1.13. The van der Waals surface area contributed by atoms with E-state index in [9.17, 15) is 0 Å². The smallest absolute Gasteiger partial charge is 0.244 e. The van der Waals surface area contributed by atoms with Gasteiger partial charge in [0.15, 0.2) is 0 Å². The fourth-order valence-corrected chi connectivity index (χ4v) is 1.73. The van der Waals surface area contributed by atoms with Crippen LogP contribution in [0.4, 0.5) is 5.69 Å². The van der Waals surface area contributed by atoms with Gasteiger partial charge in [0, 0.05) is 18.9 Å². The van der Waals surface area contributed by atoms with Gasteiger partial charge < -0.3 is 9.33 Å². The van der Waals surface area contributed by atoms with E-state index in [-0.39, 0.29) is 0 Å². The zero-order valence-corrected chi connectivity index (χ0v) is 11.6. The molecule has 1 aromatic rings. The molecule has 1 rings (SSSR count). The fraction of sp³-hybridized carbons (Fsp3) is 0.385. The molecule has 0 aliphatic carbocycles. The molecule has 0 heterocycles. The minimum atomic E-state index is -1.46. The Kier molecular flexibility index (Phi) is 4.62. The van der Waals surface area contributed by atoms with Gasteiger partial charge in [0.05, 0.1) is 6.26 Å². The van der Waals surface area contributed by atoms with Crippen molar-refractivity contribution in [3.8, 4) is 0 Å². The average Bonchev–Trinajstić information content (AvgIpc) is 2.30. The first kappa shape index (κ1) is 12.8. The molecule has 0 amide bonds. The first-order valence-electron chi connectivity index (χ1n) is 5.67. The Bertz CT molecular complexity index is 335. The second-order valence-electron chi connectivity index (χ2n) is 4.46. The average molecular weight is 235 g/mol. The quantitative estimate of drug-likeness (QED) is 0.568. The molecule has 0 saturated carbocycles. The lowest BCUT2D eigenvalue weighted by atomic mass is 10.3. The van der Waals surface area contributed by atoms with E-state index >= 15 is 0 Å². The number of hydrogen-bond donors (Lipinski definition) is 0. The van der Waals surface area contributed by atoms with Crippen molar-refractivity contribution in [2.45, 2.75) is 26.1 Å². The largest absolute Gasteiger partial charge is 0.548 e. The lowest BCUT2D eigenvalue weighted by Crippen LogP contribution is -2.26. The van der Waals surface area contributed by atoms with E-state index in [4.69, 9.17) is 4.43 Å². The monoisotopic (exact) mass is 235 g/mol. The van der Waals surface area contributed by atoms with Gasteiger partial charge in [-0.2, -0.15) is 0 Å². The van der Waals surface area contributed by atoms with Crippen molar-refractivity contribution in [3.63, 3.8) is 0 Å². The van der Waals surface area contributed by atoms with Gasteiger partial charge in [-0.1, -0.05) is 25.1 Å². The van der Waals surface area contributed by atoms with Gasteiger partial charge in [0.25, 0.3) is 0 Å². The normalized spacial score (nSPS) is 11.8. The molecule has 3 heteroatoms. The van der Waals surface area contributed by atoms with Crippen molar-refractivity contribution in [1.29, 1.82) is 0 Å². The summed E-state index contributed by atoms with van der Waals surface area (Å²) in [5.74, 6) is 0. The van der Waals surface area contributed by atoms with Crippen LogP contribution in [0.15, 0.2) is 42.8 Å². The minimum Gasteiger partial charge on any atom is -0.548 e. The third kappa shape index (κ3) is 4.11. The molecule has 0 fully saturated rings. The summed E-state index contributed by atoms with van der Waals surface area (Å²) in [6.45, 7) is 6.63. The Balaban J connectivity index is 2.52. The topological polar surface area (TPSA) is 12.5 Å². The molecule has 88 valence electrons. The molecule has 1 aromatic carbocycles. The maximum absolute atomic E-state index is 5.79. The van der Waals surface area contributed by atoms with Crippen molar-refractivity contribution >= 4 is 14.0 Å². The van der Waals surface area contributed by atoms with Gasteiger partial charge in [0.1, 0.15) is 0 Å². The Hall–Kier alpha value is -1.22. The van der Waals surface area contributed by atoms with Gasteiger partial charge in [-0.25, -0.2) is 0 Å². The van der Waals surface area contributed by atoms with E-state index < -0.39 is 8.32 Å². The number of hydrogen-bond acceptors (Lipinski definition) is 2. The van der Waals surface area contributed by atoms with Crippen molar-refractivity contribution in [2.75, 3.05) is 11.9 Å². The van der Waals surface area contributed by atoms with Gasteiger partial charge >= 0.3 is 0 Å². The lowest BCUT2D eigenvalue weighted by Gasteiger charge is -2.20. The molecule has 0 atom stereocenters. The van der Waals surface area contributed by atoms with E-state index in [1.165, 1.54) is 5.69 Å². The van der Waals surface area contributed by atoms with Crippen LogP contribution < -0.4 is 4.90 Å². The van der Waals surface area contributed by atoms with Crippen LogP contribution in [-0.4, -0.2) is 15.4 Å². The molecule has 0 aromatic heterocycles. The summed E-state index contributed by atoms with van der Waals surface area (Å²) >= 11 is 0. The lowest BCUT2D eigenvalue weighted by molar-refractivity contribution is 0.470.